The minimum absolute atomic E-state index is 0.0355. The Labute approximate surface area is 282 Å². The quantitative estimate of drug-likeness (QED) is 0.0983. The van der Waals surface area contributed by atoms with Gasteiger partial charge in [0.15, 0.2) is 0 Å². The van der Waals surface area contributed by atoms with Crippen molar-refractivity contribution in [2.24, 2.45) is 17.8 Å². The number of nitrogens with one attached hydrogen (secondary N) is 3. The van der Waals surface area contributed by atoms with Crippen LogP contribution in [0, 0.1) is 30.1 Å². The zero-order valence-corrected chi connectivity index (χ0v) is 29.4. The van der Waals surface area contributed by atoms with Gasteiger partial charge in [0.1, 0.15) is 18.2 Å². The van der Waals surface area contributed by atoms with Gasteiger partial charge in [-0.15, -0.1) is 12.3 Å². The normalized spacial score (nSPS) is 22.5. The third kappa shape index (κ3) is 17.2. The van der Waals surface area contributed by atoms with E-state index in [1.54, 1.807) is 13.8 Å². The van der Waals surface area contributed by atoms with Crippen molar-refractivity contribution in [2.45, 2.75) is 143 Å². The molecule has 3 N–H and O–H groups in total. The average molecular weight is 658 g/mol. The number of carbonyl (C=O) groups is 5. The minimum Gasteiger partial charge on any atom is -0.466 e. The van der Waals surface area contributed by atoms with Gasteiger partial charge >= 0.3 is 11.9 Å². The van der Waals surface area contributed by atoms with Crippen molar-refractivity contribution in [3.05, 3.63) is 24.4 Å². The summed E-state index contributed by atoms with van der Waals surface area (Å²) in [4.78, 5) is 65.3. The number of amides is 3. The van der Waals surface area contributed by atoms with Gasteiger partial charge in [-0.25, -0.2) is 4.79 Å². The molecule has 5 atom stereocenters. The number of carbonyl (C=O) groups excluding carboxylic acids is 5. The first kappa shape index (κ1) is 41.4. The molecule has 1 rings (SSSR count). The van der Waals surface area contributed by atoms with Crippen LogP contribution in [0.4, 0.5) is 0 Å². The summed E-state index contributed by atoms with van der Waals surface area (Å²) in [5.41, 5.74) is 0.152. The van der Waals surface area contributed by atoms with Gasteiger partial charge in [-0.3, -0.25) is 19.2 Å². The van der Waals surface area contributed by atoms with Crippen LogP contribution in [0.5, 0.6) is 0 Å². The van der Waals surface area contributed by atoms with E-state index in [2.05, 4.69) is 35.4 Å². The topological polar surface area (TPSA) is 140 Å². The molecule has 0 aromatic carbocycles. The van der Waals surface area contributed by atoms with Crippen LogP contribution in [-0.4, -0.2) is 54.5 Å². The molecular formula is C37H59N3O7. The number of terminal acetylenes is 1. The van der Waals surface area contributed by atoms with Crippen molar-refractivity contribution in [1.29, 1.82) is 0 Å². The fourth-order valence-corrected chi connectivity index (χ4v) is 5.45. The second kappa shape index (κ2) is 23.7. The van der Waals surface area contributed by atoms with Crippen LogP contribution in [-0.2, 0) is 33.4 Å². The van der Waals surface area contributed by atoms with Crippen LogP contribution in [0.2, 0.25) is 0 Å². The number of ether oxygens (including phenoxy) is 2. The summed E-state index contributed by atoms with van der Waals surface area (Å²) < 4.78 is 11.7. The van der Waals surface area contributed by atoms with E-state index >= 15 is 0 Å². The second-order valence-electron chi connectivity index (χ2n) is 13.0. The molecule has 1 aliphatic rings. The lowest BCUT2D eigenvalue weighted by atomic mass is 9.85. The molecule has 0 spiro atoms. The molecular weight excluding hydrogens is 598 g/mol. The molecule has 1 aliphatic heterocycles. The molecule has 1 heterocycles. The fraction of sp³-hybridized carbons (Fsp3) is 0.703. The number of allylic oxidation sites excluding steroid dienone is 1. The van der Waals surface area contributed by atoms with Crippen molar-refractivity contribution in [3.63, 3.8) is 0 Å². The summed E-state index contributed by atoms with van der Waals surface area (Å²) in [7, 11) is 0. The van der Waals surface area contributed by atoms with Crippen molar-refractivity contribution >= 4 is 29.7 Å². The molecule has 10 heteroatoms. The maximum Gasteiger partial charge on any atom is 0.329 e. The maximum absolute atomic E-state index is 13.8. The van der Waals surface area contributed by atoms with E-state index in [4.69, 9.17) is 15.9 Å². The molecule has 0 fully saturated rings. The largest absolute Gasteiger partial charge is 0.466 e. The first-order valence-electron chi connectivity index (χ1n) is 17.5. The molecule has 0 aromatic heterocycles. The molecule has 264 valence electrons. The molecule has 10 nitrogen and oxygen atoms in total. The van der Waals surface area contributed by atoms with Crippen LogP contribution < -0.4 is 16.0 Å². The first-order chi connectivity index (χ1) is 22.4. The van der Waals surface area contributed by atoms with E-state index in [1.807, 2.05) is 6.92 Å². The average Bonchev–Trinajstić information content (AvgIpc) is 3.02. The van der Waals surface area contributed by atoms with Crippen LogP contribution in [0.15, 0.2) is 24.4 Å². The zero-order chi connectivity index (χ0) is 35.2. The van der Waals surface area contributed by atoms with E-state index in [0.29, 0.717) is 12.8 Å². The Kier molecular flexibility index (Phi) is 20.9. The van der Waals surface area contributed by atoms with E-state index < -0.39 is 47.8 Å². The maximum atomic E-state index is 13.8. The molecule has 3 amide bonds. The van der Waals surface area contributed by atoms with Gasteiger partial charge in [-0.05, 0) is 50.5 Å². The lowest BCUT2D eigenvalue weighted by Crippen LogP contribution is -2.53. The van der Waals surface area contributed by atoms with E-state index in [1.165, 1.54) is 19.1 Å². The van der Waals surface area contributed by atoms with Crippen molar-refractivity contribution in [2.75, 3.05) is 6.61 Å². The highest BCUT2D eigenvalue weighted by Crippen LogP contribution is 2.27. The Hall–Kier alpha value is -3.61. The number of rotatable bonds is 18. The van der Waals surface area contributed by atoms with E-state index in [0.717, 1.165) is 64.2 Å². The van der Waals surface area contributed by atoms with Gasteiger partial charge < -0.3 is 25.4 Å². The molecule has 0 unspecified atom stereocenters. The first-order valence-corrected chi connectivity index (χ1v) is 17.5. The van der Waals surface area contributed by atoms with Crippen LogP contribution >= 0.6 is 0 Å². The smallest absolute Gasteiger partial charge is 0.329 e. The van der Waals surface area contributed by atoms with Gasteiger partial charge in [0.2, 0.25) is 17.7 Å². The predicted molar refractivity (Wildman–Crippen MR) is 183 cm³/mol. The van der Waals surface area contributed by atoms with Crippen molar-refractivity contribution < 1.29 is 33.4 Å². The van der Waals surface area contributed by atoms with Gasteiger partial charge in [-0.1, -0.05) is 85.6 Å². The van der Waals surface area contributed by atoms with E-state index in [-0.39, 0.29) is 43.0 Å². The van der Waals surface area contributed by atoms with Crippen molar-refractivity contribution in [3.8, 4) is 12.3 Å². The molecule has 0 radical (unpaired) electrons. The minimum atomic E-state index is -1.01. The molecule has 47 heavy (non-hydrogen) atoms. The SMILES string of the molecule is C#CCCCCCCCCC(=O)OCC[C@@H]1C(=O)NC(=C)/C=C/C(=O)N[C@H](C)C(=O)N[C@@H](C(C)C)C(=O)O[C@H]1[C@H](C)CCCCCC. The number of esters is 2. The summed E-state index contributed by atoms with van der Waals surface area (Å²) >= 11 is 0. The molecule has 0 saturated carbocycles. The Morgan fingerprint density at radius 2 is 1.62 bits per heavy atom. The monoisotopic (exact) mass is 657 g/mol. The van der Waals surface area contributed by atoms with E-state index in [9.17, 15) is 24.0 Å². The summed E-state index contributed by atoms with van der Waals surface area (Å²) in [5.74, 6) is -1.37. The number of hydrogen-bond donors (Lipinski definition) is 3. The Morgan fingerprint density at radius 3 is 2.28 bits per heavy atom. The Balaban J connectivity index is 3.18. The Bertz CT molecular complexity index is 1090. The van der Waals surface area contributed by atoms with Gasteiger partial charge in [0.05, 0.1) is 12.5 Å². The van der Waals surface area contributed by atoms with Gasteiger partial charge in [0, 0.05) is 24.6 Å². The summed E-state index contributed by atoms with van der Waals surface area (Å²) in [5, 5.41) is 7.99. The van der Waals surface area contributed by atoms with Gasteiger partial charge in [0.25, 0.3) is 0 Å². The number of unbranched alkanes of at least 4 members (excludes halogenated alkanes) is 9. The molecule has 0 aliphatic carbocycles. The summed E-state index contributed by atoms with van der Waals surface area (Å²) in [6.45, 7) is 13.0. The van der Waals surface area contributed by atoms with Crippen LogP contribution in [0.25, 0.3) is 0 Å². The molecule has 0 bridgehead atoms. The standard InChI is InChI=1S/C37H59N3O7/c1-8-10-12-14-15-16-17-19-21-32(42)46-25-24-30-34(27(5)20-18-13-11-9-2)47-37(45)33(26(3)4)40-35(43)29(7)39-31(41)23-22-28(6)38-36(30)44/h1,22-23,26-27,29-30,33-34H,6,9-21,24-25H2,2-5,7H3,(H,38,44)(H,39,41)(H,40,43)/b23-22+/t27-,29-,30+,33+,34+/m1/s1. The molecule has 0 saturated heterocycles. The van der Waals surface area contributed by atoms with Crippen molar-refractivity contribution in [1.82, 2.24) is 16.0 Å². The Morgan fingerprint density at radius 1 is 0.957 bits per heavy atom. The predicted octanol–water partition coefficient (Wildman–Crippen LogP) is 5.65. The molecule has 0 aromatic rings. The van der Waals surface area contributed by atoms with Crippen LogP contribution in [0.1, 0.15) is 125 Å². The zero-order valence-electron chi connectivity index (χ0n) is 29.4. The van der Waals surface area contributed by atoms with Crippen LogP contribution in [0.3, 0.4) is 0 Å². The summed E-state index contributed by atoms with van der Waals surface area (Å²) in [6, 6.07) is -1.94. The lowest BCUT2D eigenvalue weighted by molar-refractivity contribution is -0.164. The third-order valence-electron chi connectivity index (χ3n) is 8.39. The number of cyclic esters (lactones) is 1. The number of hydrogen-bond acceptors (Lipinski definition) is 7. The van der Waals surface area contributed by atoms with Gasteiger partial charge in [-0.2, -0.15) is 0 Å². The summed E-state index contributed by atoms with van der Waals surface area (Å²) in [6.07, 6.45) is 18.7. The second-order valence-corrected chi connectivity index (χ2v) is 13.0. The highest BCUT2D eigenvalue weighted by atomic mass is 16.5. The third-order valence-corrected chi connectivity index (χ3v) is 8.39. The highest BCUT2D eigenvalue weighted by molar-refractivity contribution is 5.94. The highest BCUT2D eigenvalue weighted by Gasteiger charge is 2.38. The fourth-order valence-electron chi connectivity index (χ4n) is 5.45. The lowest BCUT2D eigenvalue weighted by Gasteiger charge is -2.33.